The summed E-state index contributed by atoms with van der Waals surface area (Å²) < 4.78 is 3.27. The first-order valence-corrected chi connectivity index (χ1v) is 12.0. The van der Waals surface area contributed by atoms with Gasteiger partial charge in [-0.3, -0.25) is 14.0 Å². The summed E-state index contributed by atoms with van der Waals surface area (Å²) in [6, 6.07) is 11.6. The second-order valence-corrected chi connectivity index (χ2v) is 7.67. The lowest BCUT2D eigenvalue weighted by Gasteiger charge is -2.17. The Balaban J connectivity index is 0.00000103. The number of aryl methyl sites for hydroxylation is 3. The van der Waals surface area contributed by atoms with Crippen molar-refractivity contribution < 1.29 is 0 Å². The third-order valence-corrected chi connectivity index (χ3v) is 5.41. The molecule has 3 aromatic heterocycles. The van der Waals surface area contributed by atoms with Gasteiger partial charge in [0.15, 0.2) is 5.82 Å². The van der Waals surface area contributed by atoms with Crippen LogP contribution in [0.5, 0.6) is 0 Å². The number of benzene rings is 1. The molecule has 35 heavy (non-hydrogen) atoms. The number of hydrogen-bond donors (Lipinski definition) is 3. The predicted molar refractivity (Wildman–Crippen MR) is 147 cm³/mol. The van der Waals surface area contributed by atoms with Gasteiger partial charge >= 0.3 is 0 Å². The molecule has 0 aliphatic heterocycles. The van der Waals surface area contributed by atoms with E-state index in [1.54, 1.807) is 29.4 Å². The predicted octanol–water partition coefficient (Wildman–Crippen LogP) is 5.37. The fraction of sp³-hybridized carbons (Fsp3) is 0.333. The van der Waals surface area contributed by atoms with Gasteiger partial charge in [0.1, 0.15) is 11.6 Å². The molecule has 0 aliphatic carbocycles. The van der Waals surface area contributed by atoms with Gasteiger partial charge in [0, 0.05) is 24.7 Å². The number of rotatable bonds is 5. The maximum atomic E-state index is 13.6. The molecule has 8 nitrogen and oxygen atoms in total. The van der Waals surface area contributed by atoms with E-state index in [0.717, 1.165) is 22.2 Å². The zero-order chi connectivity index (χ0) is 26.3. The molecule has 4 aromatic rings. The van der Waals surface area contributed by atoms with Crippen molar-refractivity contribution in [2.75, 3.05) is 11.1 Å². The Bertz CT molecular complexity index is 1380. The van der Waals surface area contributed by atoms with Crippen LogP contribution in [0.3, 0.4) is 0 Å². The minimum atomic E-state index is -0.109. The molecule has 0 bridgehead atoms. The number of pyridine rings is 2. The van der Waals surface area contributed by atoms with Gasteiger partial charge in [-0.05, 0) is 49.4 Å². The summed E-state index contributed by atoms with van der Waals surface area (Å²) in [6.45, 7) is 13.9. The minimum Gasteiger partial charge on any atom is -0.382 e. The van der Waals surface area contributed by atoms with Crippen LogP contribution in [0.25, 0.3) is 16.6 Å². The summed E-state index contributed by atoms with van der Waals surface area (Å²) in [4.78, 5) is 18.1. The van der Waals surface area contributed by atoms with E-state index in [0.29, 0.717) is 40.7 Å². The molecule has 4 rings (SSSR count). The Kier molecular flexibility index (Phi) is 9.34. The molecule has 0 fully saturated rings. The zero-order valence-corrected chi connectivity index (χ0v) is 22.0. The van der Waals surface area contributed by atoms with Crippen LogP contribution in [-0.2, 0) is 13.6 Å². The van der Waals surface area contributed by atoms with Gasteiger partial charge in [0.2, 0.25) is 0 Å². The topological polar surface area (TPSA) is 115 Å². The van der Waals surface area contributed by atoms with Gasteiger partial charge in [-0.1, -0.05) is 52.0 Å². The van der Waals surface area contributed by atoms with Crippen molar-refractivity contribution >= 4 is 28.1 Å². The number of anilines is 2. The van der Waals surface area contributed by atoms with Crippen molar-refractivity contribution in [1.82, 2.24) is 19.3 Å². The summed E-state index contributed by atoms with van der Waals surface area (Å²) in [5.41, 5.74) is 9.33. The molecular formula is C27H37N7O. The molecule has 8 heteroatoms. The van der Waals surface area contributed by atoms with Gasteiger partial charge in [0.05, 0.1) is 17.5 Å². The van der Waals surface area contributed by atoms with Crippen molar-refractivity contribution in [3.63, 3.8) is 0 Å². The third-order valence-electron chi connectivity index (χ3n) is 5.41. The fourth-order valence-electron chi connectivity index (χ4n) is 3.95. The number of nitrogens with two attached hydrogens (primary N) is 1. The number of fused-ring (bicyclic) bond motifs is 1. The Morgan fingerprint density at radius 3 is 2.37 bits per heavy atom. The molecule has 0 saturated carbocycles. The number of nitrogen functional groups attached to an aromatic ring is 1. The zero-order valence-electron chi connectivity index (χ0n) is 22.0. The number of hydrogen-bond acceptors (Lipinski definition) is 6. The van der Waals surface area contributed by atoms with E-state index >= 15 is 0 Å². The van der Waals surface area contributed by atoms with Crippen LogP contribution in [0.1, 0.15) is 57.0 Å². The molecule has 3 heterocycles. The molecule has 0 spiro atoms. The van der Waals surface area contributed by atoms with Crippen LogP contribution in [0.2, 0.25) is 0 Å². The smallest absolute Gasteiger partial charge is 0.264 e. The second-order valence-electron chi connectivity index (χ2n) is 7.67. The summed E-state index contributed by atoms with van der Waals surface area (Å²) in [6.07, 6.45) is 1.69. The van der Waals surface area contributed by atoms with E-state index in [-0.39, 0.29) is 5.56 Å². The molecule has 0 atom stereocenters. The summed E-state index contributed by atoms with van der Waals surface area (Å²) in [7, 11) is 1.77. The van der Waals surface area contributed by atoms with Gasteiger partial charge < -0.3 is 16.5 Å². The molecule has 0 saturated heterocycles. The van der Waals surface area contributed by atoms with Gasteiger partial charge in [0.25, 0.3) is 5.56 Å². The molecule has 0 radical (unpaired) electrons. The van der Waals surface area contributed by atoms with Crippen molar-refractivity contribution in [1.29, 1.82) is 5.41 Å². The number of nitrogens with one attached hydrogen (secondary N) is 2. The lowest BCUT2D eigenvalue weighted by Crippen LogP contribution is -2.26. The highest BCUT2D eigenvalue weighted by atomic mass is 16.1. The quantitative estimate of drug-likeness (QED) is 0.336. The molecule has 4 N–H and O–H groups in total. The van der Waals surface area contributed by atoms with E-state index in [1.165, 1.54) is 0 Å². The summed E-state index contributed by atoms with van der Waals surface area (Å²) >= 11 is 0. The summed E-state index contributed by atoms with van der Waals surface area (Å²) in [5, 5.41) is 17.2. The Morgan fingerprint density at radius 2 is 1.74 bits per heavy atom. The van der Waals surface area contributed by atoms with Crippen LogP contribution in [0.15, 0.2) is 47.4 Å². The van der Waals surface area contributed by atoms with Crippen LogP contribution in [0.4, 0.5) is 11.6 Å². The molecule has 1 aromatic carbocycles. The summed E-state index contributed by atoms with van der Waals surface area (Å²) in [5.74, 6) is 1.53. The van der Waals surface area contributed by atoms with E-state index in [2.05, 4.69) is 15.4 Å². The molecular weight excluding hydrogens is 438 g/mol. The minimum absolute atomic E-state index is 0.109. The van der Waals surface area contributed by atoms with Gasteiger partial charge in [-0.2, -0.15) is 5.10 Å². The lowest BCUT2D eigenvalue weighted by atomic mass is 10.1. The van der Waals surface area contributed by atoms with E-state index < -0.39 is 0 Å². The normalized spacial score (nSPS) is 10.2. The highest BCUT2D eigenvalue weighted by Gasteiger charge is 2.18. The van der Waals surface area contributed by atoms with Crippen LogP contribution in [-0.4, -0.2) is 25.0 Å². The largest absolute Gasteiger partial charge is 0.382 e. The highest BCUT2D eigenvalue weighted by molar-refractivity contribution is 6.04. The SMILES string of the molecule is CC.CC.CC(=N)c1c(N)nn(C)c1NCc1cc2cccc(C)c2c(=O)n1-c1ncccc1C. The average Bonchev–Trinajstić information content (AvgIpc) is 3.14. The molecule has 0 unspecified atom stereocenters. The third kappa shape index (κ3) is 5.42. The maximum absolute atomic E-state index is 13.6. The first-order valence-electron chi connectivity index (χ1n) is 12.0. The van der Waals surface area contributed by atoms with Crippen molar-refractivity contribution in [3.05, 3.63) is 75.3 Å². The standard InChI is InChI=1S/C23H25N7O.2C2H6/c1-13-7-5-9-16-11-17(12-27-22-19(15(3)24)20(25)28-29(22)4)30(23(31)18(13)16)21-14(2)8-6-10-26-21;2*1-2/h5-11,24,27H,12H2,1-4H3,(H2,25,28);2*1-2H3. The van der Waals surface area contributed by atoms with Crippen LogP contribution in [0, 0.1) is 19.3 Å². The van der Waals surface area contributed by atoms with Crippen molar-refractivity contribution in [3.8, 4) is 5.82 Å². The highest BCUT2D eigenvalue weighted by Crippen LogP contribution is 2.24. The maximum Gasteiger partial charge on any atom is 0.264 e. The second kappa shape index (κ2) is 12.0. The Morgan fingerprint density at radius 1 is 1.09 bits per heavy atom. The van der Waals surface area contributed by atoms with Gasteiger partial charge in [-0.25, -0.2) is 4.98 Å². The van der Waals surface area contributed by atoms with Crippen molar-refractivity contribution in [2.45, 2.75) is 55.0 Å². The van der Waals surface area contributed by atoms with E-state index in [4.69, 9.17) is 11.1 Å². The monoisotopic (exact) mass is 475 g/mol. The lowest BCUT2D eigenvalue weighted by molar-refractivity contribution is 0.766. The van der Waals surface area contributed by atoms with E-state index in [9.17, 15) is 4.79 Å². The molecule has 0 amide bonds. The number of aromatic nitrogens is 4. The average molecular weight is 476 g/mol. The Labute approximate surface area is 207 Å². The van der Waals surface area contributed by atoms with Gasteiger partial charge in [-0.15, -0.1) is 0 Å². The first-order chi connectivity index (χ1) is 16.8. The van der Waals surface area contributed by atoms with Crippen molar-refractivity contribution in [2.24, 2.45) is 7.05 Å². The molecule has 0 aliphatic rings. The first kappa shape index (κ1) is 27.3. The van der Waals surface area contributed by atoms with E-state index in [1.807, 2.05) is 77.9 Å². The number of nitrogens with zero attached hydrogens (tertiary/aromatic N) is 4. The van der Waals surface area contributed by atoms with Crippen LogP contribution < -0.4 is 16.6 Å². The Hall–Kier alpha value is -3.94. The fourth-order valence-corrected chi connectivity index (χ4v) is 3.95. The molecule has 186 valence electrons. The van der Waals surface area contributed by atoms with Crippen LogP contribution >= 0.6 is 0 Å².